The van der Waals surface area contributed by atoms with Gasteiger partial charge < -0.3 is 5.32 Å². The number of hydrogen-bond donors (Lipinski definition) is 1. The normalized spacial score (nSPS) is 24.9. The second-order valence-corrected chi connectivity index (χ2v) is 6.29. The van der Waals surface area contributed by atoms with Gasteiger partial charge in [-0.3, -0.25) is 14.6 Å². The van der Waals surface area contributed by atoms with E-state index in [-0.39, 0.29) is 18.0 Å². The van der Waals surface area contributed by atoms with Gasteiger partial charge >= 0.3 is 6.03 Å². The second-order valence-electron chi connectivity index (χ2n) is 5.31. The van der Waals surface area contributed by atoms with Crippen LogP contribution in [0.25, 0.3) is 0 Å². The quantitative estimate of drug-likeness (QED) is 0.925. The number of carbonyl (C=O) groups is 2. The van der Waals surface area contributed by atoms with Crippen molar-refractivity contribution in [1.29, 1.82) is 0 Å². The third kappa shape index (κ3) is 2.33. The lowest BCUT2D eigenvalue weighted by atomic mass is 10.1. The summed E-state index contributed by atoms with van der Waals surface area (Å²) in [7, 11) is 0. The first kappa shape index (κ1) is 13.6. The lowest BCUT2D eigenvalue weighted by Gasteiger charge is -2.31. The van der Waals surface area contributed by atoms with Crippen molar-refractivity contribution in [2.24, 2.45) is 0 Å². The van der Waals surface area contributed by atoms with Crippen molar-refractivity contribution in [2.45, 2.75) is 31.8 Å². The van der Waals surface area contributed by atoms with Gasteiger partial charge in [-0.15, -0.1) is 11.3 Å². The van der Waals surface area contributed by atoms with Crippen LogP contribution in [0, 0.1) is 0 Å². The molecule has 2 fully saturated rings. The molecule has 3 rings (SSSR count). The van der Waals surface area contributed by atoms with Crippen LogP contribution in [0.15, 0.2) is 17.5 Å². The number of imide groups is 1. The minimum absolute atomic E-state index is 0.0801. The summed E-state index contributed by atoms with van der Waals surface area (Å²) in [6, 6.07) is 4.01. The molecule has 108 valence electrons. The second kappa shape index (κ2) is 5.54. The molecule has 3 heterocycles. The number of amides is 3. The minimum Gasteiger partial charge on any atom is -0.336 e. The number of nitrogens with one attached hydrogen (secondary N) is 1. The molecular formula is C14H19N3O2S. The van der Waals surface area contributed by atoms with Crippen molar-refractivity contribution in [3.63, 3.8) is 0 Å². The van der Waals surface area contributed by atoms with Crippen molar-refractivity contribution < 1.29 is 9.59 Å². The van der Waals surface area contributed by atoms with Gasteiger partial charge in [0.05, 0.1) is 6.04 Å². The SMILES string of the molecule is C[C@H](C(=O)N1CCNC1=O)N1CCC[C@@H]1c1cccs1. The van der Waals surface area contributed by atoms with E-state index in [1.807, 2.05) is 6.92 Å². The summed E-state index contributed by atoms with van der Waals surface area (Å²) in [5.74, 6) is -0.0801. The number of rotatable bonds is 3. The van der Waals surface area contributed by atoms with Gasteiger partial charge in [0.2, 0.25) is 5.91 Å². The monoisotopic (exact) mass is 293 g/mol. The molecule has 0 radical (unpaired) electrons. The fraction of sp³-hybridized carbons (Fsp3) is 0.571. The molecule has 0 aliphatic carbocycles. The molecule has 0 saturated carbocycles. The van der Waals surface area contributed by atoms with E-state index in [0.29, 0.717) is 19.1 Å². The molecule has 0 unspecified atom stereocenters. The Bertz CT molecular complexity index is 503. The Balaban J connectivity index is 1.74. The molecule has 0 aromatic carbocycles. The average molecular weight is 293 g/mol. The highest BCUT2D eigenvalue weighted by Gasteiger charge is 2.37. The highest BCUT2D eigenvalue weighted by molar-refractivity contribution is 7.10. The van der Waals surface area contributed by atoms with Gasteiger partial charge in [-0.05, 0) is 37.8 Å². The zero-order chi connectivity index (χ0) is 14.1. The summed E-state index contributed by atoms with van der Waals surface area (Å²) in [6.45, 7) is 3.88. The molecule has 3 amide bonds. The van der Waals surface area contributed by atoms with Crippen LogP contribution in [0.4, 0.5) is 4.79 Å². The van der Waals surface area contributed by atoms with Gasteiger partial charge in [0, 0.05) is 24.0 Å². The van der Waals surface area contributed by atoms with Crippen LogP contribution in [0.5, 0.6) is 0 Å². The van der Waals surface area contributed by atoms with Crippen LogP contribution in [0.2, 0.25) is 0 Å². The fourth-order valence-corrected chi connectivity index (χ4v) is 3.97. The predicted octanol–water partition coefficient (Wildman–Crippen LogP) is 1.83. The Morgan fingerprint density at radius 1 is 1.50 bits per heavy atom. The van der Waals surface area contributed by atoms with Crippen molar-refractivity contribution in [3.05, 3.63) is 22.4 Å². The maximum Gasteiger partial charge on any atom is 0.324 e. The molecule has 5 nitrogen and oxygen atoms in total. The van der Waals surface area contributed by atoms with Gasteiger partial charge in [0.25, 0.3) is 0 Å². The summed E-state index contributed by atoms with van der Waals surface area (Å²) in [4.78, 5) is 29.0. The molecule has 1 N–H and O–H groups in total. The Morgan fingerprint density at radius 2 is 2.35 bits per heavy atom. The van der Waals surface area contributed by atoms with Crippen LogP contribution >= 0.6 is 11.3 Å². The highest BCUT2D eigenvalue weighted by atomic mass is 32.1. The summed E-state index contributed by atoms with van der Waals surface area (Å²) in [6.07, 6.45) is 2.19. The first-order valence-corrected chi connectivity index (χ1v) is 7.95. The molecule has 1 aromatic heterocycles. The zero-order valence-corrected chi connectivity index (χ0v) is 12.4. The Morgan fingerprint density at radius 3 is 3.00 bits per heavy atom. The number of likely N-dealkylation sites (tertiary alicyclic amines) is 1. The molecule has 0 spiro atoms. The predicted molar refractivity (Wildman–Crippen MR) is 77.6 cm³/mol. The topological polar surface area (TPSA) is 52.7 Å². The molecule has 6 heteroatoms. The van der Waals surface area contributed by atoms with E-state index >= 15 is 0 Å². The van der Waals surface area contributed by atoms with E-state index in [2.05, 4.69) is 27.7 Å². The molecule has 2 aliphatic heterocycles. The van der Waals surface area contributed by atoms with E-state index in [9.17, 15) is 9.59 Å². The van der Waals surface area contributed by atoms with Crippen LogP contribution < -0.4 is 5.32 Å². The number of carbonyl (C=O) groups excluding carboxylic acids is 2. The largest absolute Gasteiger partial charge is 0.336 e. The number of thiophene rings is 1. The van der Waals surface area contributed by atoms with Gasteiger partial charge in [0.15, 0.2) is 0 Å². The summed E-state index contributed by atoms with van der Waals surface area (Å²) >= 11 is 1.74. The number of urea groups is 1. The smallest absolute Gasteiger partial charge is 0.324 e. The van der Waals surface area contributed by atoms with Gasteiger partial charge in [-0.1, -0.05) is 6.07 Å². The van der Waals surface area contributed by atoms with E-state index in [1.165, 1.54) is 9.78 Å². The lowest BCUT2D eigenvalue weighted by Crippen LogP contribution is -2.47. The summed E-state index contributed by atoms with van der Waals surface area (Å²) in [5, 5.41) is 4.76. The van der Waals surface area contributed by atoms with Gasteiger partial charge in [-0.2, -0.15) is 0 Å². The lowest BCUT2D eigenvalue weighted by molar-refractivity contribution is -0.133. The standard InChI is InChI=1S/C14H19N3O2S/c1-10(13(18)17-8-6-15-14(17)19)16-7-2-4-11(16)12-5-3-9-20-12/h3,5,9-11H,2,4,6-8H2,1H3,(H,15,19)/t10-,11-/m1/s1. The van der Waals surface area contributed by atoms with Crippen LogP contribution in [-0.4, -0.2) is 47.4 Å². The van der Waals surface area contributed by atoms with Crippen LogP contribution in [0.1, 0.15) is 30.7 Å². The molecule has 1 aromatic rings. The number of nitrogens with zero attached hydrogens (tertiary/aromatic N) is 2. The molecule has 2 saturated heterocycles. The van der Waals surface area contributed by atoms with E-state index in [0.717, 1.165) is 19.4 Å². The summed E-state index contributed by atoms with van der Waals surface area (Å²) in [5.41, 5.74) is 0. The van der Waals surface area contributed by atoms with E-state index in [4.69, 9.17) is 0 Å². The Labute approximate surface area is 122 Å². The van der Waals surface area contributed by atoms with Crippen LogP contribution in [0.3, 0.4) is 0 Å². The third-order valence-corrected chi connectivity index (χ3v) is 5.12. The van der Waals surface area contributed by atoms with Crippen molar-refractivity contribution >= 4 is 23.3 Å². The highest BCUT2D eigenvalue weighted by Crippen LogP contribution is 2.36. The third-order valence-electron chi connectivity index (χ3n) is 4.14. The number of hydrogen-bond acceptors (Lipinski definition) is 4. The van der Waals surface area contributed by atoms with Gasteiger partial charge in [-0.25, -0.2) is 4.79 Å². The Kier molecular flexibility index (Phi) is 3.76. The Hall–Kier alpha value is -1.40. The van der Waals surface area contributed by atoms with E-state index in [1.54, 1.807) is 11.3 Å². The summed E-state index contributed by atoms with van der Waals surface area (Å²) < 4.78 is 0. The molecule has 0 bridgehead atoms. The van der Waals surface area contributed by atoms with Crippen molar-refractivity contribution in [1.82, 2.24) is 15.1 Å². The molecule has 20 heavy (non-hydrogen) atoms. The molecule has 2 atom stereocenters. The molecule has 2 aliphatic rings. The molecular weight excluding hydrogens is 274 g/mol. The minimum atomic E-state index is -0.256. The van der Waals surface area contributed by atoms with Crippen LogP contribution in [-0.2, 0) is 4.79 Å². The maximum absolute atomic E-state index is 12.5. The van der Waals surface area contributed by atoms with Gasteiger partial charge in [0.1, 0.15) is 0 Å². The van der Waals surface area contributed by atoms with Crippen molar-refractivity contribution in [3.8, 4) is 0 Å². The fourth-order valence-electron chi connectivity index (χ4n) is 3.09. The first-order valence-electron chi connectivity index (χ1n) is 7.07. The zero-order valence-electron chi connectivity index (χ0n) is 11.5. The average Bonchev–Trinajstić information content (AvgIpc) is 3.17. The van der Waals surface area contributed by atoms with E-state index < -0.39 is 0 Å². The van der Waals surface area contributed by atoms with Crippen molar-refractivity contribution in [2.75, 3.05) is 19.6 Å². The maximum atomic E-state index is 12.5. The first-order chi connectivity index (χ1) is 9.68.